The van der Waals surface area contributed by atoms with E-state index in [9.17, 15) is 0 Å². The third-order valence-corrected chi connectivity index (χ3v) is 5.61. The first-order valence-electron chi connectivity index (χ1n) is 8.12. The molecule has 1 aliphatic carbocycles. The van der Waals surface area contributed by atoms with Crippen molar-refractivity contribution in [2.75, 3.05) is 19.7 Å². The SMILES string of the molecule is CCC1COC(C)CN1C1(CN)CCC(C)CC1C. The molecule has 1 saturated heterocycles. The van der Waals surface area contributed by atoms with Crippen molar-refractivity contribution >= 4 is 0 Å². The number of morpholine rings is 1. The molecule has 0 aromatic carbocycles. The fourth-order valence-corrected chi connectivity index (χ4v) is 4.26. The van der Waals surface area contributed by atoms with Crippen molar-refractivity contribution in [3.05, 3.63) is 0 Å². The zero-order chi connectivity index (χ0) is 14.0. The molecule has 1 aliphatic heterocycles. The van der Waals surface area contributed by atoms with E-state index in [4.69, 9.17) is 10.5 Å². The molecular weight excluding hydrogens is 236 g/mol. The van der Waals surface area contributed by atoms with E-state index in [0.29, 0.717) is 18.1 Å². The van der Waals surface area contributed by atoms with Gasteiger partial charge in [0.25, 0.3) is 0 Å². The summed E-state index contributed by atoms with van der Waals surface area (Å²) in [6.45, 7) is 12.0. The van der Waals surface area contributed by atoms with E-state index in [1.54, 1.807) is 0 Å². The van der Waals surface area contributed by atoms with Crippen LogP contribution in [0.1, 0.15) is 53.4 Å². The smallest absolute Gasteiger partial charge is 0.0675 e. The van der Waals surface area contributed by atoms with Crippen LogP contribution in [-0.2, 0) is 4.74 Å². The van der Waals surface area contributed by atoms with Gasteiger partial charge in [0.1, 0.15) is 0 Å². The highest BCUT2D eigenvalue weighted by Crippen LogP contribution is 2.42. The number of hydrogen-bond acceptors (Lipinski definition) is 3. The molecule has 0 bridgehead atoms. The van der Waals surface area contributed by atoms with Gasteiger partial charge in [-0.15, -0.1) is 0 Å². The Kier molecular flexibility index (Phi) is 4.91. The fourth-order valence-electron chi connectivity index (χ4n) is 4.26. The van der Waals surface area contributed by atoms with Gasteiger partial charge in [0, 0.05) is 24.7 Å². The molecule has 5 atom stereocenters. The van der Waals surface area contributed by atoms with Crippen molar-refractivity contribution in [1.82, 2.24) is 4.90 Å². The lowest BCUT2D eigenvalue weighted by Gasteiger charge is -2.56. The summed E-state index contributed by atoms with van der Waals surface area (Å²) >= 11 is 0. The van der Waals surface area contributed by atoms with Crippen LogP contribution in [-0.4, -0.2) is 42.3 Å². The van der Waals surface area contributed by atoms with Crippen LogP contribution in [0.2, 0.25) is 0 Å². The van der Waals surface area contributed by atoms with Crippen molar-refractivity contribution in [3.63, 3.8) is 0 Å². The van der Waals surface area contributed by atoms with Crippen molar-refractivity contribution in [2.45, 2.75) is 71.1 Å². The Morgan fingerprint density at radius 2 is 2.05 bits per heavy atom. The average Bonchev–Trinajstić information content (AvgIpc) is 2.39. The Bertz CT molecular complexity index is 296. The van der Waals surface area contributed by atoms with Gasteiger partial charge in [-0.2, -0.15) is 0 Å². The second-order valence-corrected chi connectivity index (χ2v) is 6.95. The van der Waals surface area contributed by atoms with Crippen molar-refractivity contribution in [2.24, 2.45) is 17.6 Å². The summed E-state index contributed by atoms with van der Waals surface area (Å²) in [7, 11) is 0. The van der Waals surface area contributed by atoms with Gasteiger partial charge in [0.15, 0.2) is 0 Å². The van der Waals surface area contributed by atoms with E-state index >= 15 is 0 Å². The zero-order valence-corrected chi connectivity index (χ0v) is 13.2. The first kappa shape index (κ1) is 15.3. The Labute approximate surface area is 118 Å². The molecule has 0 spiro atoms. The molecule has 1 saturated carbocycles. The summed E-state index contributed by atoms with van der Waals surface area (Å²) < 4.78 is 5.87. The van der Waals surface area contributed by atoms with Gasteiger partial charge in [-0.3, -0.25) is 4.90 Å². The minimum Gasteiger partial charge on any atom is -0.376 e. The van der Waals surface area contributed by atoms with E-state index in [2.05, 4.69) is 32.6 Å². The highest BCUT2D eigenvalue weighted by molar-refractivity contribution is 5.02. The molecule has 0 aromatic rings. The van der Waals surface area contributed by atoms with Crippen LogP contribution in [0.25, 0.3) is 0 Å². The minimum absolute atomic E-state index is 0.214. The zero-order valence-electron chi connectivity index (χ0n) is 13.2. The molecule has 0 amide bonds. The first-order valence-corrected chi connectivity index (χ1v) is 8.12. The molecule has 1 heterocycles. The maximum atomic E-state index is 6.28. The molecule has 0 radical (unpaired) electrons. The summed E-state index contributed by atoms with van der Waals surface area (Å²) in [5.74, 6) is 1.55. The number of hydrogen-bond donors (Lipinski definition) is 1. The van der Waals surface area contributed by atoms with E-state index < -0.39 is 0 Å². The Morgan fingerprint density at radius 1 is 1.32 bits per heavy atom. The molecule has 112 valence electrons. The van der Waals surface area contributed by atoms with Crippen LogP contribution in [0.15, 0.2) is 0 Å². The lowest BCUT2D eigenvalue weighted by Crippen LogP contribution is -2.66. The molecule has 2 rings (SSSR count). The van der Waals surface area contributed by atoms with Crippen LogP contribution in [0, 0.1) is 11.8 Å². The normalized spacial score (nSPS) is 45.3. The fraction of sp³-hybridized carbons (Fsp3) is 1.00. The van der Waals surface area contributed by atoms with Crippen LogP contribution < -0.4 is 5.73 Å². The topological polar surface area (TPSA) is 38.5 Å². The van der Waals surface area contributed by atoms with Crippen LogP contribution in [0.3, 0.4) is 0 Å². The summed E-state index contributed by atoms with van der Waals surface area (Å²) in [5.41, 5.74) is 6.50. The summed E-state index contributed by atoms with van der Waals surface area (Å²) in [6, 6.07) is 0.551. The van der Waals surface area contributed by atoms with Gasteiger partial charge in [0.05, 0.1) is 12.7 Å². The first-order chi connectivity index (χ1) is 9.03. The lowest BCUT2D eigenvalue weighted by atomic mass is 9.68. The monoisotopic (exact) mass is 268 g/mol. The second kappa shape index (κ2) is 6.11. The van der Waals surface area contributed by atoms with Crippen LogP contribution >= 0.6 is 0 Å². The van der Waals surface area contributed by atoms with Gasteiger partial charge in [-0.1, -0.05) is 20.8 Å². The molecule has 0 aromatic heterocycles. The van der Waals surface area contributed by atoms with E-state index in [1.165, 1.54) is 19.3 Å². The predicted octanol–water partition coefficient (Wildman–Crippen LogP) is 2.64. The maximum Gasteiger partial charge on any atom is 0.0675 e. The quantitative estimate of drug-likeness (QED) is 0.855. The Morgan fingerprint density at radius 3 is 2.63 bits per heavy atom. The van der Waals surface area contributed by atoms with Gasteiger partial charge < -0.3 is 10.5 Å². The Balaban J connectivity index is 2.22. The van der Waals surface area contributed by atoms with Gasteiger partial charge in [-0.05, 0) is 44.4 Å². The van der Waals surface area contributed by atoms with Crippen molar-refractivity contribution < 1.29 is 4.74 Å². The van der Waals surface area contributed by atoms with Crippen LogP contribution in [0.4, 0.5) is 0 Å². The van der Waals surface area contributed by atoms with Crippen LogP contribution in [0.5, 0.6) is 0 Å². The second-order valence-electron chi connectivity index (χ2n) is 6.95. The van der Waals surface area contributed by atoms with Gasteiger partial charge in [-0.25, -0.2) is 0 Å². The molecule has 5 unspecified atom stereocenters. The van der Waals surface area contributed by atoms with Crippen molar-refractivity contribution in [3.8, 4) is 0 Å². The third-order valence-electron chi connectivity index (χ3n) is 5.61. The highest BCUT2D eigenvalue weighted by atomic mass is 16.5. The standard InChI is InChI=1S/C16H32N2O/c1-5-15-10-19-14(4)9-18(15)16(11-17)7-6-12(2)8-13(16)3/h12-15H,5-11,17H2,1-4H3. The highest BCUT2D eigenvalue weighted by Gasteiger charge is 2.47. The average molecular weight is 268 g/mol. The largest absolute Gasteiger partial charge is 0.376 e. The molecular formula is C16H32N2O. The summed E-state index contributed by atoms with van der Waals surface area (Å²) in [6.07, 6.45) is 5.41. The van der Waals surface area contributed by atoms with E-state index in [0.717, 1.165) is 32.0 Å². The number of rotatable bonds is 3. The molecule has 19 heavy (non-hydrogen) atoms. The summed E-state index contributed by atoms with van der Waals surface area (Å²) in [5, 5.41) is 0. The predicted molar refractivity (Wildman–Crippen MR) is 80.2 cm³/mol. The summed E-state index contributed by atoms with van der Waals surface area (Å²) in [4.78, 5) is 2.72. The number of ether oxygens (including phenoxy) is 1. The van der Waals surface area contributed by atoms with E-state index in [-0.39, 0.29) is 5.54 Å². The molecule has 2 fully saturated rings. The van der Waals surface area contributed by atoms with Gasteiger partial charge >= 0.3 is 0 Å². The lowest BCUT2D eigenvalue weighted by molar-refractivity contribution is -0.124. The third kappa shape index (κ3) is 2.84. The molecule has 3 nitrogen and oxygen atoms in total. The molecule has 2 N–H and O–H groups in total. The maximum absolute atomic E-state index is 6.28. The van der Waals surface area contributed by atoms with Crippen molar-refractivity contribution in [1.29, 1.82) is 0 Å². The minimum atomic E-state index is 0.214. The van der Waals surface area contributed by atoms with Gasteiger partial charge in [0.2, 0.25) is 0 Å². The number of nitrogens with zero attached hydrogens (tertiary/aromatic N) is 1. The molecule has 3 heteroatoms. The van der Waals surface area contributed by atoms with E-state index in [1.807, 2.05) is 0 Å². The number of nitrogens with two attached hydrogens (primary N) is 1. The molecule has 2 aliphatic rings. The Hall–Kier alpha value is -0.120.